The van der Waals surface area contributed by atoms with Crippen LogP contribution in [0.5, 0.6) is 0 Å². The van der Waals surface area contributed by atoms with Crippen molar-refractivity contribution in [3.63, 3.8) is 0 Å². The third-order valence-electron chi connectivity index (χ3n) is 3.01. The summed E-state index contributed by atoms with van der Waals surface area (Å²) in [7, 11) is 0. The van der Waals surface area contributed by atoms with Crippen LogP contribution < -0.4 is 5.32 Å². The Balaban J connectivity index is 2.05. The number of aliphatic hydroxyl groups is 1. The van der Waals surface area contributed by atoms with Gasteiger partial charge in [0.1, 0.15) is 0 Å². The van der Waals surface area contributed by atoms with Crippen LogP contribution in [0.15, 0.2) is 53.0 Å². The first-order valence-corrected chi connectivity index (χ1v) is 7.67. The molecule has 2 N–H and O–H groups in total. The number of hydrogen-bond acceptors (Lipinski definition) is 2. The summed E-state index contributed by atoms with van der Waals surface area (Å²) < 4.78 is 0.740. The van der Waals surface area contributed by atoms with Crippen LogP contribution in [0.1, 0.15) is 15.9 Å². The summed E-state index contributed by atoms with van der Waals surface area (Å²) in [6.07, 6.45) is 0.574. The number of halogens is 2. The summed E-state index contributed by atoms with van der Waals surface area (Å²) in [6.45, 7) is -0.123. The van der Waals surface area contributed by atoms with Gasteiger partial charge in [-0.05, 0) is 30.2 Å². The van der Waals surface area contributed by atoms with Gasteiger partial charge in [0.15, 0.2) is 0 Å². The quantitative estimate of drug-likeness (QED) is 0.849. The third-order valence-corrected chi connectivity index (χ3v) is 3.68. The zero-order valence-electron chi connectivity index (χ0n) is 11.2. The van der Waals surface area contributed by atoms with E-state index in [0.717, 1.165) is 10.0 Å². The maximum Gasteiger partial charge on any atom is 0.251 e. The van der Waals surface area contributed by atoms with E-state index in [4.69, 9.17) is 11.6 Å². The number of carbonyl (C=O) groups is 1. The number of benzene rings is 2. The molecule has 0 saturated heterocycles. The molecule has 0 heterocycles. The molecule has 0 aliphatic rings. The molecule has 0 spiro atoms. The average Bonchev–Trinajstić information content (AvgIpc) is 2.46. The molecule has 0 aliphatic heterocycles. The number of carbonyl (C=O) groups excluding carboxylic acids is 1. The molecule has 3 nitrogen and oxygen atoms in total. The molecule has 0 bridgehead atoms. The smallest absolute Gasteiger partial charge is 0.251 e. The van der Waals surface area contributed by atoms with Gasteiger partial charge in [0.2, 0.25) is 0 Å². The van der Waals surface area contributed by atoms with Crippen molar-refractivity contribution >= 4 is 33.4 Å². The van der Waals surface area contributed by atoms with E-state index in [9.17, 15) is 9.90 Å². The van der Waals surface area contributed by atoms with E-state index in [2.05, 4.69) is 21.2 Å². The lowest BCUT2D eigenvalue weighted by Crippen LogP contribution is -2.39. The third kappa shape index (κ3) is 4.84. The topological polar surface area (TPSA) is 49.3 Å². The second-order valence-corrected chi connectivity index (χ2v) is 6.05. The molecule has 2 aromatic carbocycles. The van der Waals surface area contributed by atoms with Gasteiger partial charge in [-0.15, -0.1) is 0 Å². The molecule has 5 heteroatoms. The van der Waals surface area contributed by atoms with Gasteiger partial charge in [0.25, 0.3) is 5.91 Å². The molecule has 1 unspecified atom stereocenters. The molecule has 0 saturated carbocycles. The molecule has 1 atom stereocenters. The summed E-state index contributed by atoms with van der Waals surface area (Å²) in [5.74, 6) is -0.256. The maximum atomic E-state index is 12.2. The maximum absolute atomic E-state index is 12.2. The number of rotatable bonds is 5. The van der Waals surface area contributed by atoms with Crippen LogP contribution in [0.25, 0.3) is 0 Å². The van der Waals surface area contributed by atoms with Crippen LogP contribution in [-0.4, -0.2) is 23.7 Å². The van der Waals surface area contributed by atoms with E-state index in [1.54, 1.807) is 18.2 Å². The largest absolute Gasteiger partial charge is 0.394 e. The zero-order valence-corrected chi connectivity index (χ0v) is 13.6. The Kier molecular flexibility index (Phi) is 5.79. The van der Waals surface area contributed by atoms with Crippen molar-refractivity contribution in [1.82, 2.24) is 5.32 Å². The second kappa shape index (κ2) is 7.59. The van der Waals surface area contributed by atoms with E-state index in [1.165, 1.54) is 0 Å². The highest BCUT2D eigenvalue weighted by atomic mass is 79.9. The van der Waals surface area contributed by atoms with Crippen LogP contribution in [0, 0.1) is 0 Å². The molecular formula is C16H15BrClNO2. The monoisotopic (exact) mass is 367 g/mol. The molecule has 21 heavy (non-hydrogen) atoms. The molecular weight excluding hydrogens is 354 g/mol. The summed E-state index contributed by atoms with van der Waals surface area (Å²) in [4.78, 5) is 12.2. The number of aliphatic hydroxyl groups excluding tert-OH is 1. The van der Waals surface area contributed by atoms with Crippen molar-refractivity contribution in [3.05, 3.63) is 69.2 Å². The van der Waals surface area contributed by atoms with Crippen molar-refractivity contribution < 1.29 is 9.90 Å². The predicted octanol–water partition coefficient (Wildman–Crippen LogP) is 3.44. The van der Waals surface area contributed by atoms with Gasteiger partial charge >= 0.3 is 0 Å². The minimum Gasteiger partial charge on any atom is -0.394 e. The van der Waals surface area contributed by atoms with Gasteiger partial charge in [-0.1, -0.05) is 57.9 Å². The highest BCUT2D eigenvalue weighted by Gasteiger charge is 2.14. The van der Waals surface area contributed by atoms with E-state index in [1.807, 2.05) is 30.3 Å². The first kappa shape index (κ1) is 16.0. The number of amides is 1. The van der Waals surface area contributed by atoms with Crippen LogP contribution in [-0.2, 0) is 6.42 Å². The van der Waals surface area contributed by atoms with Gasteiger partial charge < -0.3 is 10.4 Å². The molecule has 2 rings (SSSR count). The summed E-state index contributed by atoms with van der Waals surface area (Å²) in [6, 6.07) is 14.4. The summed E-state index contributed by atoms with van der Waals surface area (Å²) in [5.41, 5.74) is 1.52. The number of hydrogen-bond donors (Lipinski definition) is 2. The average molecular weight is 369 g/mol. The fourth-order valence-corrected chi connectivity index (χ4v) is 2.87. The van der Waals surface area contributed by atoms with Gasteiger partial charge in [0.05, 0.1) is 12.6 Å². The van der Waals surface area contributed by atoms with Crippen molar-refractivity contribution in [1.29, 1.82) is 0 Å². The Morgan fingerprint density at radius 1 is 1.24 bits per heavy atom. The van der Waals surface area contributed by atoms with Crippen molar-refractivity contribution in [2.24, 2.45) is 0 Å². The summed E-state index contributed by atoms with van der Waals surface area (Å²) >= 11 is 9.24. The fourth-order valence-electron chi connectivity index (χ4n) is 2.01. The van der Waals surface area contributed by atoms with Gasteiger partial charge in [0, 0.05) is 15.1 Å². The highest BCUT2D eigenvalue weighted by molar-refractivity contribution is 9.10. The van der Waals surface area contributed by atoms with Crippen LogP contribution >= 0.6 is 27.5 Å². The highest BCUT2D eigenvalue weighted by Crippen LogP contribution is 2.19. The molecule has 0 aliphatic carbocycles. The normalized spacial score (nSPS) is 12.0. The second-order valence-electron chi connectivity index (χ2n) is 4.70. The van der Waals surface area contributed by atoms with Gasteiger partial charge in [-0.2, -0.15) is 0 Å². The predicted molar refractivity (Wildman–Crippen MR) is 87.6 cm³/mol. The molecule has 0 aromatic heterocycles. The van der Waals surface area contributed by atoms with Gasteiger partial charge in [-0.25, -0.2) is 0 Å². The van der Waals surface area contributed by atoms with Crippen molar-refractivity contribution in [2.75, 3.05) is 6.61 Å². The van der Waals surface area contributed by atoms with Crippen LogP contribution in [0.3, 0.4) is 0 Å². The van der Waals surface area contributed by atoms with Crippen LogP contribution in [0.4, 0.5) is 0 Å². The van der Waals surface area contributed by atoms with E-state index < -0.39 is 0 Å². The fraction of sp³-hybridized carbons (Fsp3) is 0.188. The van der Waals surface area contributed by atoms with E-state index >= 15 is 0 Å². The standard InChI is InChI=1S/C16H15BrClNO2/c17-13-7-12(8-14(18)9-13)16(21)19-15(10-20)6-11-4-2-1-3-5-11/h1-5,7-9,15,20H,6,10H2,(H,19,21). The first-order chi connectivity index (χ1) is 10.1. The van der Waals surface area contributed by atoms with Crippen molar-refractivity contribution in [3.8, 4) is 0 Å². The van der Waals surface area contributed by atoms with E-state index in [0.29, 0.717) is 17.0 Å². The summed E-state index contributed by atoms with van der Waals surface area (Å²) in [5, 5.41) is 12.7. The molecule has 0 fully saturated rings. The Hall–Kier alpha value is -1.36. The lowest BCUT2D eigenvalue weighted by Gasteiger charge is -2.16. The van der Waals surface area contributed by atoms with Crippen molar-refractivity contribution in [2.45, 2.75) is 12.5 Å². The Morgan fingerprint density at radius 3 is 2.57 bits per heavy atom. The lowest BCUT2D eigenvalue weighted by molar-refractivity contribution is 0.0916. The SMILES string of the molecule is O=C(NC(CO)Cc1ccccc1)c1cc(Cl)cc(Br)c1. The number of nitrogens with one attached hydrogen (secondary N) is 1. The molecule has 110 valence electrons. The lowest BCUT2D eigenvalue weighted by atomic mass is 10.1. The van der Waals surface area contributed by atoms with Gasteiger partial charge in [-0.3, -0.25) is 4.79 Å². The molecule has 2 aromatic rings. The van der Waals surface area contributed by atoms with Crippen LogP contribution in [0.2, 0.25) is 5.02 Å². The van der Waals surface area contributed by atoms with E-state index in [-0.39, 0.29) is 18.6 Å². The Bertz CT molecular complexity index is 599. The minimum absolute atomic E-state index is 0.123. The molecule has 0 radical (unpaired) electrons. The Morgan fingerprint density at radius 2 is 1.95 bits per heavy atom. The zero-order chi connectivity index (χ0) is 15.2. The minimum atomic E-state index is -0.336. The first-order valence-electron chi connectivity index (χ1n) is 6.50. The molecule has 1 amide bonds. The Labute approximate surface area is 137 Å².